The minimum absolute atomic E-state index is 0.265. The number of aromatic nitrogens is 2. The molecular formula is C20H21N5O2. The molecule has 1 amide bonds. The van der Waals surface area contributed by atoms with Crippen LogP contribution in [-0.4, -0.2) is 53.0 Å². The van der Waals surface area contributed by atoms with Gasteiger partial charge in [-0.05, 0) is 23.6 Å². The lowest BCUT2D eigenvalue weighted by molar-refractivity contribution is -0.126. The van der Waals surface area contributed by atoms with Crippen LogP contribution in [0, 0.1) is 11.3 Å². The highest BCUT2D eigenvalue weighted by atomic mass is 16.2. The minimum atomic E-state index is -0.475. The summed E-state index contributed by atoms with van der Waals surface area (Å²) in [6.45, 7) is 6.17. The van der Waals surface area contributed by atoms with Crippen LogP contribution in [0.5, 0.6) is 0 Å². The molecule has 0 bridgehead atoms. The number of Topliss-reactive ketones (excluding diaryl/α,β-unsaturated/α-hetero) is 1. The molecule has 1 fully saturated rings. The lowest BCUT2D eigenvalue weighted by atomic mass is 10.00. The second-order valence-corrected chi connectivity index (χ2v) is 6.77. The molecule has 138 valence electrons. The number of ketones is 1. The zero-order valence-electron chi connectivity index (χ0n) is 15.4. The van der Waals surface area contributed by atoms with E-state index in [4.69, 9.17) is 5.26 Å². The number of hydrogen-bond acceptors (Lipinski definition) is 6. The van der Waals surface area contributed by atoms with E-state index in [9.17, 15) is 9.59 Å². The number of anilines is 1. The van der Waals surface area contributed by atoms with E-state index in [0.717, 1.165) is 5.56 Å². The highest BCUT2D eigenvalue weighted by molar-refractivity contribution is 6.42. The number of nitriles is 1. The van der Waals surface area contributed by atoms with Crippen molar-refractivity contribution in [3.63, 3.8) is 0 Å². The van der Waals surface area contributed by atoms with Crippen LogP contribution in [0.1, 0.15) is 41.4 Å². The van der Waals surface area contributed by atoms with Gasteiger partial charge in [0.15, 0.2) is 11.5 Å². The summed E-state index contributed by atoms with van der Waals surface area (Å²) in [5.41, 5.74) is 1.82. The third-order valence-corrected chi connectivity index (χ3v) is 4.69. The van der Waals surface area contributed by atoms with Crippen LogP contribution in [0.25, 0.3) is 0 Å². The Kier molecular flexibility index (Phi) is 5.46. The van der Waals surface area contributed by atoms with E-state index < -0.39 is 11.7 Å². The van der Waals surface area contributed by atoms with E-state index in [0.29, 0.717) is 43.5 Å². The second kappa shape index (κ2) is 7.96. The van der Waals surface area contributed by atoms with Crippen LogP contribution in [0.15, 0.2) is 36.4 Å². The topological polar surface area (TPSA) is 90.2 Å². The molecule has 0 N–H and O–H groups in total. The number of rotatable bonds is 4. The molecule has 0 unspecified atom stereocenters. The predicted molar refractivity (Wildman–Crippen MR) is 100 cm³/mol. The maximum absolute atomic E-state index is 12.5. The van der Waals surface area contributed by atoms with Gasteiger partial charge in [-0.3, -0.25) is 9.59 Å². The first-order valence-electron chi connectivity index (χ1n) is 8.92. The van der Waals surface area contributed by atoms with Crippen LogP contribution < -0.4 is 4.90 Å². The van der Waals surface area contributed by atoms with Crippen molar-refractivity contribution in [1.82, 2.24) is 15.1 Å². The average molecular weight is 363 g/mol. The summed E-state index contributed by atoms with van der Waals surface area (Å²) in [4.78, 5) is 28.6. The van der Waals surface area contributed by atoms with Crippen LogP contribution >= 0.6 is 0 Å². The first kappa shape index (κ1) is 18.5. The smallest absolute Gasteiger partial charge is 0.295 e. The average Bonchev–Trinajstić information content (AvgIpc) is 2.73. The van der Waals surface area contributed by atoms with Crippen molar-refractivity contribution in [3.8, 4) is 6.07 Å². The molecule has 2 heterocycles. The van der Waals surface area contributed by atoms with Gasteiger partial charge in [0.25, 0.3) is 5.91 Å². The molecule has 7 heteroatoms. The molecule has 0 aliphatic carbocycles. The monoisotopic (exact) mass is 363 g/mol. The summed E-state index contributed by atoms with van der Waals surface area (Å²) in [7, 11) is 0. The van der Waals surface area contributed by atoms with Gasteiger partial charge in [-0.25, -0.2) is 0 Å². The molecule has 0 radical (unpaired) electrons. The number of carbonyl (C=O) groups is 2. The van der Waals surface area contributed by atoms with E-state index in [1.165, 1.54) is 0 Å². The van der Waals surface area contributed by atoms with Crippen molar-refractivity contribution >= 4 is 17.5 Å². The van der Waals surface area contributed by atoms with Crippen LogP contribution in [-0.2, 0) is 4.79 Å². The second-order valence-electron chi connectivity index (χ2n) is 6.77. The van der Waals surface area contributed by atoms with Gasteiger partial charge in [-0.15, -0.1) is 10.2 Å². The van der Waals surface area contributed by atoms with Crippen molar-refractivity contribution in [2.45, 2.75) is 19.8 Å². The van der Waals surface area contributed by atoms with Crippen molar-refractivity contribution in [2.75, 3.05) is 31.1 Å². The predicted octanol–water partition coefficient (Wildman–Crippen LogP) is 2.00. The largest absolute Gasteiger partial charge is 0.352 e. The molecule has 1 aromatic heterocycles. The number of benzene rings is 1. The Morgan fingerprint density at radius 1 is 1.00 bits per heavy atom. The van der Waals surface area contributed by atoms with Gasteiger partial charge < -0.3 is 9.80 Å². The van der Waals surface area contributed by atoms with E-state index in [2.05, 4.69) is 24.0 Å². The number of piperazine rings is 1. The van der Waals surface area contributed by atoms with Crippen LogP contribution in [0.2, 0.25) is 0 Å². The molecule has 1 aliphatic heterocycles. The van der Waals surface area contributed by atoms with E-state index in [1.807, 2.05) is 23.1 Å². The lowest BCUT2D eigenvalue weighted by Gasteiger charge is -2.34. The van der Waals surface area contributed by atoms with E-state index in [-0.39, 0.29) is 5.69 Å². The summed E-state index contributed by atoms with van der Waals surface area (Å²) >= 11 is 0. The summed E-state index contributed by atoms with van der Waals surface area (Å²) < 4.78 is 0. The molecule has 1 aromatic carbocycles. The van der Waals surface area contributed by atoms with Gasteiger partial charge in [0.1, 0.15) is 6.07 Å². The Morgan fingerprint density at radius 3 is 2.19 bits per heavy atom. The molecule has 0 atom stereocenters. The SMILES string of the molecule is CC(C)c1ccc(C(=O)C(=O)N2CCN(c3ccc(C#N)nn3)CC2)cc1. The molecule has 3 rings (SSSR count). The van der Waals surface area contributed by atoms with Crippen molar-refractivity contribution in [1.29, 1.82) is 5.26 Å². The highest BCUT2D eigenvalue weighted by Crippen LogP contribution is 2.17. The lowest BCUT2D eigenvalue weighted by Crippen LogP contribution is -2.50. The van der Waals surface area contributed by atoms with Gasteiger partial charge in [0, 0.05) is 31.7 Å². The van der Waals surface area contributed by atoms with Crippen LogP contribution in [0.3, 0.4) is 0 Å². The fourth-order valence-electron chi connectivity index (χ4n) is 2.98. The Hall–Kier alpha value is -3.27. The maximum Gasteiger partial charge on any atom is 0.295 e. The summed E-state index contributed by atoms with van der Waals surface area (Å²) in [5, 5.41) is 16.6. The molecular weight excluding hydrogens is 342 g/mol. The molecule has 2 aromatic rings. The molecule has 0 spiro atoms. The number of nitrogens with zero attached hydrogens (tertiary/aromatic N) is 5. The quantitative estimate of drug-likeness (QED) is 0.610. The van der Waals surface area contributed by atoms with Gasteiger partial charge in [0.2, 0.25) is 5.78 Å². The van der Waals surface area contributed by atoms with Crippen LogP contribution in [0.4, 0.5) is 5.82 Å². The zero-order chi connectivity index (χ0) is 19.4. The molecule has 0 saturated carbocycles. The van der Waals surface area contributed by atoms with Gasteiger partial charge in [0.05, 0.1) is 0 Å². The fraction of sp³-hybridized carbons (Fsp3) is 0.350. The third-order valence-electron chi connectivity index (χ3n) is 4.69. The number of carbonyl (C=O) groups excluding carboxylic acids is 2. The summed E-state index contributed by atoms with van der Waals surface area (Å²) in [6.07, 6.45) is 0. The van der Waals surface area contributed by atoms with Gasteiger partial charge in [-0.2, -0.15) is 5.26 Å². The fourth-order valence-corrected chi connectivity index (χ4v) is 2.98. The van der Waals surface area contributed by atoms with E-state index >= 15 is 0 Å². The summed E-state index contributed by atoms with van der Waals surface area (Å²) in [5.74, 6) is 0.0923. The highest BCUT2D eigenvalue weighted by Gasteiger charge is 2.27. The van der Waals surface area contributed by atoms with Crippen molar-refractivity contribution in [3.05, 3.63) is 53.2 Å². The maximum atomic E-state index is 12.5. The number of hydrogen-bond donors (Lipinski definition) is 0. The van der Waals surface area contributed by atoms with Gasteiger partial charge >= 0.3 is 0 Å². The Labute approximate surface area is 158 Å². The Morgan fingerprint density at radius 2 is 1.67 bits per heavy atom. The molecule has 1 saturated heterocycles. The standard InChI is InChI=1S/C20H21N5O2/c1-14(2)15-3-5-16(6-4-15)19(26)20(27)25-11-9-24(10-12-25)18-8-7-17(13-21)22-23-18/h3-8,14H,9-12H2,1-2H3. The van der Waals surface area contributed by atoms with Crippen molar-refractivity contribution in [2.24, 2.45) is 0 Å². The third kappa shape index (κ3) is 4.11. The van der Waals surface area contributed by atoms with E-state index in [1.54, 1.807) is 29.2 Å². The Balaban J connectivity index is 1.60. The Bertz CT molecular complexity index is 861. The van der Waals surface area contributed by atoms with Crippen molar-refractivity contribution < 1.29 is 9.59 Å². The zero-order valence-corrected chi connectivity index (χ0v) is 15.4. The van der Waals surface area contributed by atoms with Gasteiger partial charge in [-0.1, -0.05) is 38.1 Å². The first-order valence-corrected chi connectivity index (χ1v) is 8.92. The molecule has 1 aliphatic rings. The normalized spacial score (nSPS) is 14.1. The molecule has 27 heavy (non-hydrogen) atoms. The minimum Gasteiger partial charge on any atom is -0.352 e. The first-order chi connectivity index (χ1) is 13.0. The molecule has 7 nitrogen and oxygen atoms in total. The summed E-state index contributed by atoms with van der Waals surface area (Å²) in [6, 6.07) is 12.5. The number of amides is 1.